The van der Waals surface area contributed by atoms with Crippen LogP contribution in [0.15, 0.2) is 48.5 Å². The standard InChI is InChI=1S/C21H21N3O5S/c1-23(10-11-25)30(27,28)20-8-9-24-17-13-15(21(22)26)7-6-14(17)12-18(24)16-4-2-3-5-19(16)29-20/h2-7,11-13,20H,8-10H2,1H3,(H2,22,26). The lowest BCUT2D eigenvalue weighted by atomic mass is 10.1. The Morgan fingerprint density at radius 2 is 2.03 bits per heavy atom. The smallest absolute Gasteiger partial charge is 0.252 e. The van der Waals surface area contributed by atoms with Gasteiger partial charge in [0.05, 0.1) is 12.2 Å². The van der Waals surface area contributed by atoms with Gasteiger partial charge in [-0.1, -0.05) is 18.2 Å². The zero-order chi connectivity index (χ0) is 21.5. The number of amides is 1. The summed E-state index contributed by atoms with van der Waals surface area (Å²) in [5.74, 6) is -0.0950. The molecular formula is C21H21N3O5S. The lowest BCUT2D eigenvalue weighted by Crippen LogP contribution is -2.41. The molecule has 156 valence electrons. The average molecular weight is 427 g/mol. The van der Waals surface area contributed by atoms with Gasteiger partial charge in [-0.25, -0.2) is 8.42 Å². The van der Waals surface area contributed by atoms with Gasteiger partial charge in [0.2, 0.25) is 11.3 Å². The molecule has 2 heterocycles. The molecule has 0 saturated heterocycles. The highest BCUT2D eigenvalue weighted by Gasteiger charge is 2.34. The van der Waals surface area contributed by atoms with Crippen molar-refractivity contribution in [3.8, 4) is 17.0 Å². The van der Waals surface area contributed by atoms with Crippen LogP contribution in [0.5, 0.6) is 5.75 Å². The molecule has 4 rings (SSSR count). The van der Waals surface area contributed by atoms with Crippen LogP contribution in [-0.2, 0) is 21.4 Å². The van der Waals surface area contributed by atoms with Gasteiger partial charge in [-0.3, -0.25) is 4.79 Å². The molecule has 2 N–H and O–H groups in total. The molecule has 1 amide bonds. The topological polar surface area (TPSA) is 112 Å². The number of carbonyl (C=O) groups excluding carboxylic acids is 2. The summed E-state index contributed by atoms with van der Waals surface area (Å²) in [6.07, 6.45) is 0.703. The van der Waals surface area contributed by atoms with Gasteiger partial charge in [-0.2, -0.15) is 4.31 Å². The minimum absolute atomic E-state index is 0.164. The molecule has 1 unspecified atom stereocenters. The molecule has 2 aromatic carbocycles. The summed E-state index contributed by atoms with van der Waals surface area (Å²) in [6.45, 7) is 0.0950. The summed E-state index contributed by atoms with van der Waals surface area (Å²) in [7, 11) is -2.52. The fourth-order valence-corrected chi connectivity index (χ4v) is 5.01. The number of hydrogen-bond acceptors (Lipinski definition) is 5. The second kappa shape index (κ2) is 7.58. The first-order valence-electron chi connectivity index (χ1n) is 9.41. The van der Waals surface area contributed by atoms with Crippen molar-refractivity contribution >= 4 is 33.1 Å². The van der Waals surface area contributed by atoms with Crippen molar-refractivity contribution in [1.82, 2.24) is 8.87 Å². The van der Waals surface area contributed by atoms with Crippen LogP contribution >= 0.6 is 0 Å². The number of para-hydroxylation sites is 1. The number of fused-ring (bicyclic) bond motifs is 5. The third-order valence-corrected chi connectivity index (χ3v) is 7.31. The third-order valence-electron chi connectivity index (χ3n) is 5.30. The van der Waals surface area contributed by atoms with Crippen molar-refractivity contribution < 1.29 is 22.7 Å². The van der Waals surface area contributed by atoms with Crippen LogP contribution in [0.2, 0.25) is 0 Å². The van der Waals surface area contributed by atoms with Crippen LogP contribution in [-0.4, -0.2) is 48.5 Å². The Morgan fingerprint density at radius 1 is 1.27 bits per heavy atom. The third kappa shape index (κ3) is 3.35. The fourth-order valence-electron chi connectivity index (χ4n) is 3.71. The number of primary amides is 1. The number of nitrogens with two attached hydrogens (primary N) is 1. The van der Waals surface area contributed by atoms with Gasteiger partial charge in [-0.15, -0.1) is 0 Å². The zero-order valence-corrected chi connectivity index (χ0v) is 17.1. The first kappa shape index (κ1) is 20.1. The molecule has 3 aromatic rings. The summed E-state index contributed by atoms with van der Waals surface area (Å²) in [4.78, 5) is 22.5. The summed E-state index contributed by atoms with van der Waals surface area (Å²) < 4.78 is 34.9. The minimum atomic E-state index is -3.87. The van der Waals surface area contributed by atoms with Gasteiger partial charge in [0.15, 0.2) is 0 Å². The van der Waals surface area contributed by atoms with E-state index in [1.807, 2.05) is 28.8 Å². The SMILES string of the molecule is CN(CC=O)S(=O)(=O)C1CCn2c(cc3ccc(C(N)=O)cc32)-c2ccccc2O1. The van der Waals surface area contributed by atoms with Gasteiger partial charge in [0, 0.05) is 42.0 Å². The number of benzene rings is 2. The molecule has 1 aromatic heterocycles. The number of aldehydes is 1. The van der Waals surface area contributed by atoms with Gasteiger partial charge in [0.1, 0.15) is 12.0 Å². The Morgan fingerprint density at radius 3 is 2.77 bits per heavy atom. The highest BCUT2D eigenvalue weighted by Crippen LogP contribution is 2.38. The first-order chi connectivity index (χ1) is 14.3. The average Bonchev–Trinajstić information content (AvgIpc) is 3.06. The van der Waals surface area contributed by atoms with E-state index in [0.29, 0.717) is 24.1 Å². The van der Waals surface area contributed by atoms with E-state index in [-0.39, 0.29) is 13.0 Å². The van der Waals surface area contributed by atoms with Crippen LogP contribution in [0.3, 0.4) is 0 Å². The quantitative estimate of drug-likeness (QED) is 0.626. The summed E-state index contributed by atoms with van der Waals surface area (Å²) in [5.41, 5.74) is 7.05. The lowest BCUT2D eigenvalue weighted by Gasteiger charge is -2.28. The Labute approximate surface area is 173 Å². The van der Waals surface area contributed by atoms with Crippen molar-refractivity contribution in [3.63, 3.8) is 0 Å². The van der Waals surface area contributed by atoms with E-state index in [1.54, 1.807) is 24.3 Å². The summed E-state index contributed by atoms with van der Waals surface area (Å²) >= 11 is 0. The maximum absolute atomic E-state index is 13.0. The zero-order valence-electron chi connectivity index (χ0n) is 16.3. The van der Waals surface area contributed by atoms with Gasteiger partial charge in [-0.05, 0) is 30.3 Å². The monoisotopic (exact) mass is 427 g/mol. The van der Waals surface area contributed by atoms with E-state index >= 15 is 0 Å². The molecule has 9 heteroatoms. The Hall–Kier alpha value is -3.17. The normalized spacial score (nSPS) is 16.3. The van der Waals surface area contributed by atoms with Crippen molar-refractivity contribution in [3.05, 3.63) is 54.1 Å². The number of hydrogen-bond donors (Lipinski definition) is 1. The van der Waals surface area contributed by atoms with E-state index in [9.17, 15) is 18.0 Å². The molecule has 0 fully saturated rings. The maximum atomic E-state index is 13.0. The Kier molecular flexibility index (Phi) is 5.08. The molecule has 8 nitrogen and oxygen atoms in total. The van der Waals surface area contributed by atoms with Crippen molar-refractivity contribution in [1.29, 1.82) is 0 Å². The highest BCUT2D eigenvalue weighted by molar-refractivity contribution is 7.89. The van der Waals surface area contributed by atoms with Gasteiger partial charge in [0.25, 0.3) is 10.0 Å². The summed E-state index contributed by atoms with van der Waals surface area (Å²) in [5, 5.41) is 0.907. The van der Waals surface area contributed by atoms with E-state index in [0.717, 1.165) is 26.5 Å². The van der Waals surface area contributed by atoms with Crippen molar-refractivity contribution in [2.75, 3.05) is 13.6 Å². The van der Waals surface area contributed by atoms with Gasteiger partial charge < -0.3 is 19.8 Å². The van der Waals surface area contributed by atoms with E-state index in [4.69, 9.17) is 10.5 Å². The number of ether oxygens (including phenoxy) is 1. The Bertz CT molecular complexity index is 1250. The molecule has 1 atom stereocenters. The molecule has 0 aliphatic carbocycles. The number of nitrogens with zero attached hydrogens (tertiary/aromatic N) is 2. The number of aromatic nitrogens is 1. The van der Waals surface area contributed by atoms with Crippen molar-refractivity contribution in [2.45, 2.75) is 18.4 Å². The molecule has 1 aliphatic rings. The number of sulfonamides is 1. The van der Waals surface area contributed by atoms with Crippen LogP contribution < -0.4 is 10.5 Å². The molecule has 0 bridgehead atoms. The van der Waals surface area contributed by atoms with E-state index < -0.39 is 21.4 Å². The largest absolute Gasteiger partial charge is 0.472 e. The van der Waals surface area contributed by atoms with Crippen LogP contribution in [0.1, 0.15) is 16.8 Å². The summed E-state index contributed by atoms with van der Waals surface area (Å²) in [6, 6.07) is 14.4. The minimum Gasteiger partial charge on any atom is -0.472 e. The lowest BCUT2D eigenvalue weighted by molar-refractivity contribution is -0.107. The van der Waals surface area contributed by atoms with Gasteiger partial charge >= 0.3 is 0 Å². The Balaban J connectivity index is 1.87. The second-order valence-corrected chi connectivity index (χ2v) is 9.32. The number of carbonyl (C=O) groups is 2. The molecule has 0 radical (unpaired) electrons. The number of likely N-dealkylation sites (N-methyl/N-ethyl adjacent to an activating group) is 1. The molecular weight excluding hydrogens is 406 g/mol. The maximum Gasteiger partial charge on any atom is 0.252 e. The predicted octanol–water partition coefficient (Wildman–Crippen LogP) is 1.98. The second-order valence-electron chi connectivity index (χ2n) is 7.14. The van der Waals surface area contributed by atoms with E-state index in [2.05, 4.69) is 0 Å². The van der Waals surface area contributed by atoms with Crippen molar-refractivity contribution in [2.24, 2.45) is 5.73 Å². The number of rotatable bonds is 5. The van der Waals surface area contributed by atoms with Crippen LogP contribution in [0.25, 0.3) is 22.2 Å². The fraction of sp³-hybridized carbons (Fsp3) is 0.238. The molecule has 0 spiro atoms. The highest BCUT2D eigenvalue weighted by atomic mass is 32.2. The predicted molar refractivity (Wildman–Crippen MR) is 113 cm³/mol. The number of aryl methyl sites for hydroxylation is 1. The van der Waals surface area contributed by atoms with E-state index in [1.165, 1.54) is 7.05 Å². The molecule has 30 heavy (non-hydrogen) atoms. The molecule has 1 aliphatic heterocycles. The van der Waals surface area contributed by atoms with Crippen LogP contribution in [0, 0.1) is 0 Å². The molecule has 0 saturated carbocycles. The van der Waals surface area contributed by atoms with Crippen LogP contribution in [0.4, 0.5) is 0 Å². The first-order valence-corrected chi connectivity index (χ1v) is 10.9.